The molecule has 7 nitrogen and oxygen atoms in total. The van der Waals surface area contributed by atoms with Crippen LogP contribution in [0.1, 0.15) is 39.5 Å². The SMILES string of the molecule is O=C(Nc1ccc2c(c1)O[C@@]1(c3ccc(Cl)cc3)[C@H](c3ccccc3)C[C@H](O)[C@@]21O)c1csnn1. The van der Waals surface area contributed by atoms with Crippen LogP contribution < -0.4 is 10.1 Å². The average Bonchev–Trinajstić information content (AvgIpc) is 3.54. The molecule has 3 aromatic carbocycles. The van der Waals surface area contributed by atoms with Gasteiger partial charge in [-0.25, -0.2) is 0 Å². The summed E-state index contributed by atoms with van der Waals surface area (Å²) in [5.41, 5.74) is -0.238. The Morgan fingerprint density at radius 1 is 1.11 bits per heavy atom. The Hall–Kier alpha value is -3.30. The lowest BCUT2D eigenvalue weighted by Crippen LogP contribution is -2.51. The molecule has 1 aromatic heterocycles. The highest BCUT2D eigenvalue weighted by molar-refractivity contribution is 7.03. The van der Waals surface area contributed by atoms with E-state index in [1.807, 2.05) is 42.5 Å². The maximum absolute atomic E-state index is 12.5. The summed E-state index contributed by atoms with van der Waals surface area (Å²) in [6, 6.07) is 21.9. The Balaban J connectivity index is 1.48. The van der Waals surface area contributed by atoms with E-state index in [4.69, 9.17) is 16.3 Å². The third-order valence-electron chi connectivity index (χ3n) is 6.99. The first-order valence-corrected chi connectivity index (χ1v) is 12.3. The summed E-state index contributed by atoms with van der Waals surface area (Å²) in [7, 11) is 0. The fourth-order valence-electron chi connectivity index (χ4n) is 5.47. The minimum absolute atomic E-state index is 0.212. The first kappa shape index (κ1) is 22.2. The molecule has 0 unspecified atom stereocenters. The third kappa shape index (κ3) is 3.21. The smallest absolute Gasteiger partial charge is 0.277 e. The largest absolute Gasteiger partial charge is 0.478 e. The number of aliphatic hydroxyl groups is 2. The highest BCUT2D eigenvalue weighted by atomic mass is 35.5. The van der Waals surface area contributed by atoms with Crippen LogP contribution >= 0.6 is 23.1 Å². The van der Waals surface area contributed by atoms with Crippen molar-refractivity contribution in [1.82, 2.24) is 9.59 Å². The van der Waals surface area contributed by atoms with E-state index < -0.39 is 23.2 Å². The van der Waals surface area contributed by atoms with E-state index in [-0.39, 0.29) is 11.6 Å². The number of anilines is 1. The van der Waals surface area contributed by atoms with E-state index in [0.29, 0.717) is 34.0 Å². The number of carbonyl (C=O) groups excluding carboxylic acids is 1. The third-order valence-corrected chi connectivity index (χ3v) is 7.74. The first-order valence-electron chi connectivity index (χ1n) is 11.1. The summed E-state index contributed by atoms with van der Waals surface area (Å²) in [4.78, 5) is 12.5. The highest BCUT2D eigenvalue weighted by Crippen LogP contribution is 2.66. The van der Waals surface area contributed by atoms with Crippen molar-refractivity contribution in [2.45, 2.75) is 29.6 Å². The zero-order chi connectivity index (χ0) is 24.2. The van der Waals surface area contributed by atoms with Crippen LogP contribution in [0.4, 0.5) is 5.69 Å². The molecular weight excluding hydrogens is 486 g/mol. The van der Waals surface area contributed by atoms with Crippen molar-refractivity contribution in [3.63, 3.8) is 0 Å². The van der Waals surface area contributed by atoms with Gasteiger partial charge in [-0.1, -0.05) is 64.6 Å². The molecule has 35 heavy (non-hydrogen) atoms. The van der Waals surface area contributed by atoms with Crippen LogP contribution in [0.15, 0.2) is 78.2 Å². The number of hydrogen-bond acceptors (Lipinski definition) is 7. The summed E-state index contributed by atoms with van der Waals surface area (Å²) in [5, 5.41) is 32.3. The molecule has 9 heteroatoms. The van der Waals surface area contributed by atoms with Gasteiger partial charge in [0.1, 0.15) is 5.75 Å². The minimum atomic E-state index is -1.72. The second-order valence-electron chi connectivity index (χ2n) is 8.78. The second-order valence-corrected chi connectivity index (χ2v) is 9.83. The van der Waals surface area contributed by atoms with Gasteiger partial charge in [0, 0.05) is 33.6 Å². The van der Waals surface area contributed by atoms with Crippen LogP contribution in [0.2, 0.25) is 5.02 Å². The molecule has 0 spiro atoms. The number of aromatic nitrogens is 2. The highest BCUT2D eigenvalue weighted by Gasteiger charge is 2.72. The molecule has 0 saturated heterocycles. The number of carbonyl (C=O) groups is 1. The van der Waals surface area contributed by atoms with Crippen molar-refractivity contribution < 1.29 is 19.7 Å². The van der Waals surface area contributed by atoms with Gasteiger partial charge in [-0.15, -0.1) is 5.10 Å². The van der Waals surface area contributed by atoms with Crippen LogP contribution in [0, 0.1) is 0 Å². The standard InChI is InChI=1S/C26H20ClN3O4S/c27-17-8-6-16(7-9-17)26-20(15-4-2-1-3-5-15)13-23(31)25(26,33)19-11-10-18(12-22(19)34-26)28-24(32)21-14-35-30-29-21/h1-12,14,20,23,31,33H,13H2,(H,28,32)/t20-,23-,25-,26-/m0/s1. The number of hydrogen-bond donors (Lipinski definition) is 3. The lowest BCUT2D eigenvalue weighted by Gasteiger charge is -2.40. The molecule has 1 aliphatic carbocycles. The number of nitrogens with zero attached hydrogens (tertiary/aromatic N) is 2. The van der Waals surface area contributed by atoms with Gasteiger partial charge in [-0.3, -0.25) is 4.79 Å². The zero-order valence-electron chi connectivity index (χ0n) is 18.3. The van der Waals surface area contributed by atoms with E-state index in [1.165, 1.54) is 0 Å². The fraction of sp³-hybridized carbons (Fsp3) is 0.192. The summed E-state index contributed by atoms with van der Waals surface area (Å²) in [5.74, 6) is -0.363. The maximum atomic E-state index is 12.5. The van der Waals surface area contributed by atoms with Crippen molar-refractivity contribution in [3.8, 4) is 5.75 Å². The zero-order valence-corrected chi connectivity index (χ0v) is 19.8. The Labute approximate surface area is 210 Å². The molecule has 4 atom stereocenters. The lowest BCUT2D eigenvalue weighted by atomic mass is 9.71. The van der Waals surface area contributed by atoms with Crippen molar-refractivity contribution >= 4 is 34.7 Å². The van der Waals surface area contributed by atoms with Crippen molar-refractivity contribution in [1.29, 1.82) is 0 Å². The predicted octanol–water partition coefficient (Wildman–Crippen LogP) is 4.47. The molecule has 0 bridgehead atoms. The van der Waals surface area contributed by atoms with Crippen LogP contribution in [-0.4, -0.2) is 31.8 Å². The quantitative estimate of drug-likeness (QED) is 0.378. The Bertz CT molecular complexity index is 1400. The van der Waals surface area contributed by atoms with Gasteiger partial charge in [-0.05, 0) is 47.3 Å². The summed E-state index contributed by atoms with van der Waals surface area (Å²) in [6.45, 7) is 0. The Kier molecular flexibility index (Phi) is 5.16. The molecule has 1 amide bonds. The number of amides is 1. The van der Waals surface area contributed by atoms with E-state index in [0.717, 1.165) is 17.1 Å². The average molecular weight is 506 g/mol. The molecular formula is C26H20ClN3O4S. The van der Waals surface area contributed by atoms with Gasteiger partial charge in [0.25, 0.3) is 5.91 Å². The van der Waals surface area contributed by atoms with Gasteiger partial charge in [0.05, 0.1) is 6.10 Å². The van der Waals surface area contributed by atoms with Gasteiger partial charge >= 0.3 is 0 Å². The van der Waals surface area contributed by atoms with E-state index in [1.54, 1.807) is 35.7 Å². The Morgan fingerprint density at radius 3 is 2.60 bits per heavy atom. The lowest BCUT2D eigenvalue weighted by molar-refractivity contribution is -0.149. The number of benzene rings is 3. The van der Waals surface area contributed by atoms with Crippen molar-refractivity contribution in [2.75, 3.05) is 5.32 Å². The van der Waals surface area contributed by atoms with E-state index in [2.05, 4.69) is 14.9 Å². The maximum Gasteiger partial charge on any atom is 0.277 e. The van der Waals surface area contributed by atoms with Crippen molar-refractivity contribution in [3.05, 3.63) is 106 Å². The number of aliphatic hydroxyl groups excluding tert-OH is 1. The second kappa shape index (κ2) is 8.13. The minimum Gasteiger partial charge on any atom is -0.478 e. The number of fused-ring (bicyclic) bond motifs is 3. The van der Waals surface area contributed by atoms with Gasteiger partial charge < -0.3 is 20.3 Å². The van der Waals surface area contributed by atoms with Gasteiger partial charge in [-0.2, -0.15) is 0 Å². The topological polar surface area (TPSA) is 105 Å². The molecule has 6 rings (SSSR count). The molecule has 2 aliphatic rings. The molecule has 3 N–H and O–H groups in total. The number of ether oxygens (including phenoxy) is 1. The first-order chi connectivity index (χ1) is 16.9. The number of nitrogens with one attached hydrogen (secondary N) is 1. The number of rotatable bonds is 4. The summed E-state index contributed by atoms with van der Waals surface area (Å²) in [6.07, 6.45) is -0.788. The molecule has 1 saturated carbocycles. The molecule has 1 fully saturated rings. The molecule has 0 radical (unpaired) electrons. The fourth-order valence-corrected chi connectivity index (χ4v) is 6.03. The van der Waals surface area contributed by atoms with Crippen LogP contribution in [-0.2, 0) is 11.2 Å². The van der Waals surface area contributed by atoms with Crippen LogP contribution in [0.3, 0.4) is 0 Å². The van der Waals surface area contributed by atoms with Crippen LogP contribution in [0.5, 0.6) is 5.75 Å². The Morgan fingerprint density at radius 2 is 1.89 bits per heavy atom. The van der Waals surface area contributed by atoms with Gasteiger partial charge in [0.15, 0.2) is 16.9 Å². The normalized spacial score (nSPS) is 26.6. The molecule has 1 aliphatic heterocycles. The summed E-state index contributed by atoms with van der Waals surface area (Å²) >= 11 is 7.26. The predicted molar refractivity (Wildman–Crippen MR) is 132 cm³/mol. The van der Waals surface area contributed by atoms with Crippen LogP contribution in [0.25, 0.3) is 0 Å². The molecule has 4 aromatic rings. The number of halogens is 1. The molecule has 2 heterocycles. The van der Waals surface area contributed by atoms with Crippen molar-refractivity contribution in [2.24, 2.45) is 0 Å². The molecule has 176 valence electrons. The van der Waals surface area contributed by atoms with E-state index >= 15 is 0 Å². The monoisotopic (exact) mass is 505 g/mol. The summed E-state index contributed by atoms with van der Waals surface area (Å²) < 4.78 is 10.4. The van der Waals surface area contributed by atoms with Gasteiger partial charge in [0.2, 0.25) is 0 Å². The van der Waals surface area contributed by atoms with E-state index in [9.17, 15) is 15.0 Å².